The molecule has 0 saturated heterocycles. The molecule has 0 atom stereocenters. The number of hydroxylamine groups is 4. The molecule has 4 aromatic rings. The van der Waals surface area contributed by atoms with E-state index in [1.54, 1.807) is 24.3 Å². The van der Waals surface area contributed by atoms with Gasteiger partial charge < -0.3 is 16.0 Å². The van der Waals surface area contributed by atoms with Crippen molar-refractivity contribution in [2.24, 2.45) is 0 Å². The molecule has 0 bridgehead atoms. The van der Waals surface area contributed by atoms with Gasteiger partial charge in [-0.25, -0.2) is 0 Å². The third kappa shape index (κ3) is 7.30. The Morgan fingerprint density at radius 3 is 1.08 bits per heavy atom. The van der Waals surface area contributed by atoms with Crippen LogP contribution in [0.1, 0.15) is 73.5 Å². The Kier molecular flexibility index (Phi) is 11.2. The maximum atomic E-state index is 12.9. The zero-order valence-corrected chi connectivity index (χ0v) is 27.0. The highest BCUT2D eigenvalue weighted by molar-refractivity contribution is 6.25. The van der Waals surface area contributed by atoms with E-state index in [0.717, 1.165) is 79.4 Å². The van der Waals surface area contributed by atoms with Gasteiger partial charge in [0.1, 0.15) is 0 Å². The molecule has 48 heavy (non-hydrogen) atoms. The average molecular weight is 652 g/mol. The highest BCUT2D eigenvalue weighted by Gasteiger charge is 2.35. The maximum Gasteiger partial charge on any atom is 0.285 e. The van der Waals surface area contributed by atoms with E-state index < -0.39 is 23.6 Å². The number of unbranched alkanes of at least 4 members (excludes halogenated alkanes) is 1. The van der Waals surface area contributed by atoms with E-state index in [1.165, 1.54) is 0 Å². The fourth-order valence-electron chi connectivity index (χ4n) is 6.17. The second kappa shape index (κ2) is 16.1. The molecule has 0 saturated carbocycles. The molecule has 0 spiro atoms. The number of hydrogen-bond acceptors (Lipinski definition) is 9. The standard InChI is InChI=1S/C37H41N5O6/c43-34-28-14-3-10-26-11-4-15-29(32(26)28)35(44)41(34)47-24-8-22-39-19-2-1-18-38-20-7-21-40-23-9-25-48-42-36(45)30-16-5-12-27-13-6-17-31(33(27)30)37(42)46/h3-6,10-17,38-40H,1-2,7-9,18-25H2. The lowest BCUT2D eigenvalue weighted by atomic mass is 9.95. The minimum absolute atomic E-state index is 0.270. The van der Waals surface area contributed by atoms with Gasteiger partial charge in [0.2, 0.25) is 0 Å². The predicted octanol–water partition coefficient (Wildman–Crippen LogP) is 4.47. The van der Waals surface area contributed by atoms with Gasteiger partial charge in [0.05, 0.1) is 35.5 Å². The Balaban J connectivity index is 0.743. The smallest absolute Gasteiger partial charge is 0.285 e. The number of benzene rings is 4. The third-order valence-corrected chi connectivity index (χ3v) is 8.57. The number of imide groups is 2. The van der Waals surface area contributed by atoms with E-state index in [0.29, 0.717) is 45.9 Å². The zero-order valence-electron chi connectivity index (χ0n) is 27.0. The summed E-state index contributed by atoms with van der Waals surface area (Å²) in [6.07, 6.45) is 4.45. The van der Waals surface area contributed by atoms with Crippen molar-refractivity contribution in [1.29, 1.82) is 0 Å². The molecular formula is C37H41N5O6. The maximum absolute atomic E-state index is 12.9. The molecule has 6 rings (SSSR count). The lowest BCUT2D eigenvalue weighted by Crippen LogP contribution is -2.40. The Morgan fingerprint density at radius 2 is 0.729 bits per heavy atom. The number of carbonyl (C=O) groups excluding carboxylic acids is 4. The Morgan fingerprint density at radius 1 is 0.417 bits per heavy atom. The minimum atomic E-state index is -0.417. The van der Waals surface area contributed by atoms with Crippen LogP contribution in [0.3, 0.4) is 0 Å². The van der Waals surface area contributed by atoms with Crippen molar-refractivity contribution in [1.82, 2.24) is 26.1 Å². The second-order valence-electron chi connectivity index (χ2n) is 11.9. The molecule has 2 heterocycles. The Hall–Kier alpha value is -4.52. The SMILES string of the molecule is O=C1c2cccc3cccc(c23)C(=O)N1OCCCNCCCCNCCCNCCCON1C(=O)c2cccc3cccc(c23)C1=O. The lowest BCUT2D eigenvalue weighted by molar-refractivity contribution is -0.0958. The van der Waals surface area contributed by atoms with Crippen molar-refractivity contribution in [3.8, 4) is 0 Å². The van der Waals surface area contributed by atoms with Gasteiger partial charge in [-0.3, -0.25) is 28.9 Å². The van der Waals surface area contributed by atoms with E-state index >= 15 is 0 Å². The number of carbonyl (C=O) groups is 4. The number of amides is 4. The molecule has 11 heteroatoms. The molecule has 3 N–H and O–H groups in total. The Bertz CT molecular complexity index is 1580. The predicted molar refractivity (Wildman–Crippen MR) is 182 cm³/mol. The van der Waals surface area contributed by atoms with E-state index in [-0.39, 0.29) is 13.2 Å². The van der Waals surface area contributed by atoms with Gasteiger partial charge in [0, 0.05) is 10.8 Å². The lowest BCUT2D eigenvalue weighted by Gasteiger charge is -2.26. The van der Waals surface area contributed by atoms with Gasteiger partial charge in [-0.05, 0) is 106 Å². The first-order valence-corrected chi connectivity index (χ1v) is 16.8. The van der Waals surface area contributed by atoms with Gasteiger partial charge >= 0.3 is 0 Å². The largest absolute Gasteiger partial charge is 0.317 e. The monoisotopic (exact) mass is 651 g/mol. The summed E-state index contributed by atoms with van der Waals surface area (Å²) in [7, 11) is 0. The molecule has 0 aromatic heterocycles. The third-order valence-electron chi connectivity index (χ3n) is 8.57. The molecule has 0 aliphatic carbocycles. The molecule has 4 aromatic carbocycles. The van der Waals surface area contributed by atoms with Crippen molar-refractivity contribution in [2.75, 3.05) is 52.5 Å². The van der Waals surface area contributed by atoms with Crippen LogP contribution >= 0.6 is 0 Å². The molecule has 2 aliphatic heterocycles. The van der Waals surface area contributed by atoms with E-state index in [1.807, 2.05) is 48.5 Å². The summed E-state index contributed by atoms with van der Waals surface area (Å²) in [4.78, 5) is 62.7. The van der Waals surface area contributed by atoms with Crippen molar-refractivity contribution in [3.05, 3.63) is 95.1 Å². The van der Waals surface area contributed by atoms with Gasteiger partial charge in [0.25, 0.3) is 23.6 Å². The quantitative estimate of drug-likeness (QED) is 0.0994. The highest BCUT2D eigenvalue weighted by atomic mass is 16.7. The van der Waals surface area contributed by atoms with Crippen LogP contribution in [0, 0.1) is 0 Å². The van der Waals surface area contributed by atoms with Crippen LogP contribution in [0.4, 0.5) is 0 Å². The first-order valence-electron chi connectivity index (χ1n) is 16.8. The fraction of sp³-hybridized carbons (Fsp3) is 0.351. The van der Waals surface area contributed by atoms with Gasteiger partial charge in [0.15, 0.2) is 0 Å². The molecule has 2 aliphatic rings. The van der Waals surface area contributed by atoms with Gasteiger partial charge in [-0.1, -0.05) is 48.5 Å². The van der Waals surface area contributed by atoms with Crippen LogP contribution in [0.15, 0.2) is 72.8 Å². The van der Waals surface area contributed by atoms with Crippen molar-refractivity contribution in [3.63, 3.8) is 0 Å². The number of nitrogens with one attached hydrogen (secondary N) is 3. The topological polar surface area (TPSA) is 129 Å². The van der Waals surface area contributed by atoms with Crippen LogP contribution in [0.25, 0.3) is 21.5 Å². The van der Waals surface area contributed by atoms with Crippen LogP contribution in [0.2, 0.25) is 0 Å². The first-order chi connectivity index (χ1) is 23.6. The summed E-state index contributed by atoms with van der Waals surface area (Å²) >= 11 is 0. The average Bonchev–Trinajstić information content (AvgIpc) is 3.11. The summed E-state index contributed by atoms with van der Waals surface area (Å²) in [6, 6.07) is 21.8. The van der Waals surface area contributed by atoms with E-state index in [2.05, 4.69) is 16.0 Å². The van der Waals surface area contributed by atoms with Crippen molar-refractivity contribution < 1.29 is 28.9 Å². The Labute approximate surface area is 279 Å². The zero-order chi connectivity index (χ0) is 33.3. The van der Waals surface area contributed by atoms with Crippen molar-refractivity contribution in [2.45, 2.75) is 32.1 Å². The molecule has 250 valence electrons. The summed E-state index contributed by atoms with van der Waals surface area (Å²) < 4.78 is 0. The van der Waals surface area contributed by atoms with E-state index in [9.17, 15) is 19.2 Å². The molecule has 11 nitrogen and oxygen atoms in total. The van der Waals surface area contributed by atoms with Crippen LogP contribution < -0.4 is 16.0 Å². The van der Waals surface area contributed by atoms with E-state index in [4.69, 9.17) is 9.68 Å². The molecule has 0 unspecified atom stereocenters. The van der Waals surface area contributed by atoms with Crippen molar-refractivity contribution >= 4 is 45.2 Å². The minimum Gasteiger partial charge on any atom is -0.317 e. The van der Waals surface area contributed by atoms with Gasteiger partial charge in [-0.15, -0.1) is 10.1 Å². The molecule has 0 radical (unpaired) electrons. The first kappa shape index (κ1) is 33.4. The molecular weight excluding hydrogens is 610 g/mol. The van der Waals surface area contributed by atoms with Crippen LogP contribution in [0.5, 0.6) is 0 Å². The molecule has 4 amide bonds. The normalized spacial score (nSPS) is 14.2. The van der Waals surface area contributed by atoms with Gasteiger partial charge in [-0.2, -0.15) is 0 Å². The second-order valence-corrected chi connectivity index (χ2v) is 11.9. The number of nitrogens with zero attached hydrogens (tertiary/aromatic N) is 2. The summed E-state index contributed by atoms with van der Waals surface area (Å²) in [5.41, 5.74) is 1.96. The number of hydrogen-bond donors (Lipinski definition) is 3. The van der Waals surface area contributed by atoms with Crippen LogP contribution in [-0.4, -0.2) is 86.2 Å². The summed E-state index contributed by atoms with van der Waals surface area (Å²) in [5.74, 6) is -1.66. The highest BCUT2D eigenvalue weighted by Crippen LogP contribution is 2.31. The fourth-order valence-corrected chi connectivity index (χ4v) is 6.17. The molecule has 0 fully saturated rings. The van der Waals surface area contributed by atoms with Crippen LogP contribution in [-0.2, 0) is 9.68 Å². The summed E-state index contributed by atoms with van der Waals surface area (Å²) in [6.45, 7) is 5.63. The number of rotatable bonds is 19. The summed E-state index contributed by atoms with van der Waals surface area (Å²) in [5, 5.41) is 15.2.